The molecule has 1 atom stereocenters. The number of rotatable bonds is 14. The number of esters is 1. The molecule has 22 heavy (non-hydrogen) atoms. The molecule has 0 aromatic rings. The Morgan fingerprint density at radius 3 is 2.50 bits per heavy atom. The topological polar surface area (TPSA) is 46.5 Å². The van der Waals surface area contributed by atoms with Gasteiger partial charge in [-0.1, -0.05) is 69.8 Å². The van der Waals surface area contributed by atoms with E-state index in [9.17, 15) is 9.90 Å². The maximum absolute atomic E-state index is 10.9. The van der Waals surface area contributed by atoms with Crippen LogP contribution < -0.4 is 0 Å². The number of allylic oxidation sites excluding steroid dienone is 3. The van der Waals surface area contributed by atoms with E-state index in [4.69, 9.17) is 0 Å². The van der Waals surface area contributed by atoms with Gasteiger partial charge in [-0.25, -0.2) is 0 Å². The van der Waals surface area contributed by atoms with Crippen LogP contribution in [-0.2, 0) is 9.53 Å². The molecule has 0 aromatic heterocycles. The third kappa shape index (κ3) is 15.3. The molecule has 0 spiro atoms. The zero-order valence-electron chi connectivity index (χ0n) is 14.4. The van der Waals surface area contributed by atoms with Crippen LogP contribution in [0.4, 0.5) is 0 Å². The van der Waals surface area contributed by atoms with Crippen molar-refractivity contribution in [2.75, 3.05) is 7.11 Å². The van der Waals surface area contributed by atoms with Crippen LogP contribution in [0.1, 0.15) is 77.6 Å². The summed E-state index contributed by atoms with van der Waals surface area (Å²) in [6, 6.07) is 0. The number of hydrogen-bond donors (Lipinski definition) is 1. The van der Waals surface area contributed by atoms with Crippen LogP contribution in [0.3, 0.4) is 0 Å². The summed E-state index contributed by atoms with van der Waals surface area (Å²) in [4.78, 5) is 10.9. The highest BCUT2D eigenvalue weighted by Gasteiger charge is 2.00. The standard InChI is InChI=1S/C19H34O3/c1-3-4-5-6-7-9-12-15-18(20)16-13-10-8-11-14-17-19(21)22-2/h7,9,12,15,18,20H,3-6,8,10-11,13-14,16-17H2,1-2H3/b9-7-,15-12+/t18-/m1/s1. The summed E-state index contributed by atoms with van der Waals surface area (Å²) in [7, 11) is 1.43. The average molecular weight is 310 g/mol. The maximum atomic E-state index is 10.9. The number of carbonyl (C=O) groups is 1. The first-order valence-corrected chi connectivity index (χ1v) is 8.79. The Balaban J connectivity index is 3.41. The second-order valence-electron chi connectivity index (χ2n) is 5.76. The summed E-state index contributed by atoms with van der Waals surface area (Å²) in [5.74, 6) is -0.122. The summed E-state index contributed by atoms with van der Waals surface area (Å²) in [6.07, 6.45) is 19.2. The zero-order chi connectivity index (χ0) is 16.5. The van der Waals surface area contributed by atoms with Crippen LogP contribution in [0.25, 0.3) is 0 Å². The van der Waals surface area contributed by atoms with Crippen LogP contribution in [0, 0.1) is 0 Å². The first kappa shape index (κ1) is 20.9. The second kappa shape index (κ2) is 16.3. The molecular formula is C19H34O3. The highest BCUT2D eigenvalue weighted by atomic mass is 16.5. The zero-order valence-corrected chi connectivity index (χ0v) is 14.4. The lowest BCUT2D eigenvalue weighted by Crippen LogP contribution is -2.01. The molecule has 3 nitrogen and oxygen atoms in total. The molecular weight excluding hydrogens is 276 g/mol. The van der Waals surface area contributed by atoms with E-state index in [1.54, 1.807) is 0 Å². The second-order valence-corrected chi connectivity index (χ2v) is 5.76. The van der Waals surface area contributed by atoms with Gasteiger partial charge in [-0.2, -0.15) is 0 Å². The number of aliphatic hydroxyl groups excluding tert-OH is 1. The van der Waals surface area contributed by atoms with Gasteiger partial charge < -0.3 is 9.84 Å². The van der Waals surface area contributed by atoms with E-state index in [-0.39, 0.29) is 12.1 Å². The van der Waals surface area contributed by atoms with E-state index >= 15 is 0 Å². The Kier molecular flexibility index (Phi) is 15.5. The molecule has 0 fully saturated rings. The number of carbonyl (C=O) groups excluding carboxylic acids is 1. The van der Waals surface area contributed by atoms with Crippen molar-refractivity contribution in [2.24, 2.45) is 0 Å². The average Bonchev–Trinajstić information content (AvgIpc) is 2.52. The summed E-state index contributed by atoms with van der Waals surface area (Å²) in [5.41, 5.74) is 0. The molecule has 0 aliphatic rings. The van der Waals surface area contributed by atoms with Crippen molar-refractivity contribution in [3.63, 3.8) is 0 Å². The van der Waals surface area contributed by atoms with Gasteiger partial charge in [-0.15, -0.1) is 0 Å². The summed E-state index contributed by atoms with van der Waals surface area (Å²) in [5, 5.41) is 9.82. The summed E-state index contributed by atoms with van der Waals surface area (Å²) < 4.78 is 4.60. The van der Waals surface area contributed by atoms with Crippen LogP contribution in [-0.4, -0.2) is 24.3 Å². The van der Waals surface area contributed by atoms with E-state index in [1.807, 2.05) is 18.2 Å². The van der Waals surface area contributed by atoms with Crippen LogP contribution >= 0.6 is 0 Å². The number of hydrogen-bond acceptors (Lipinski definition) is 3. The lowest BCUT2D eigenvalue weighted by atomic mass is 10.1. The molecule has 0 aliphatic heterocycles. The molecule has 0 rings (SSSR count). The predicted molar refractivity (Wildman–Crippen MR) is 92.8 cm³/mol. The van der Waals surface area contributed by atoms with Crippen LogP contribution in [0.2, 0.25) is 0 Å². The monoisotopic (exact) mass is 310 g/mol. The fourth-order valence-corrected chi connectivity index (χ4v) is 2.23. The predicted octanol–water partition coefficient (Wildman–Crippen LogP) is 4.94. The molecule has 0 heterocycles. The maximum Gasteiger partial charge on any atom is 0.305 e. The fourth-order valence-electron chi connectivity index (χ4n) is 2.23. The Morgan fingerprint density at radius 2 is 1.77 bits per heavy atom. The minimum atomic E-state index is -0.338. The Labute approximate surface area is 136 Å². The quantitative estimate of drug-likeness (QED) is 0.281. The molecule has 128 valence electrons. The third-order valence-corrected chi connectivity index (χ3v) is 3.66. The van der Waals surface area contributed by atoms with Crippen molar-refractivity contribution < 1.29 is 14.6 Å². The first-order valence-electron chi connectivity index (χ1n) is 8.79. The largest absolute Gasteiger partial charge is 0.469 e. The highest BCUT2D eigenvalue weighted by Crippen LogP contribution is 2.10. The molecule has 0 unspecified atom stereocenters. The van der Waals surface area contributed by atoms with Gasteiger partial charge in [0.1, 0.15) is 0 Å². The van der Waals surface area contributed by atoms with Crippen molar-refractivity contribution in [3.8, 4) is 0 Å². The molecule has 0 aliphatic carbocycles. The lowest BCUT2D eigenvalue weighted by Gasteiger charge is -2.05. The Bertz CT molecular complexity index is 308. The van der Waals surface area contributed by atoms with Crippen LogP contribution in [0.5, 0.6) is 0 Å². The van der Waals surface area contributed by atoms with Gasteiger partial charge in [0, 0.05) is 6.42 Å². The van der Waals surface area contributed by atoms with Crippen LogP contribution in [0.15, 0.2) is 24.3 Å². The minimum Gasteiger partial charge on any atom is -0.469 e. The normalized spacial score (nSPS) is 13.0. The van der Waals surface area contributed by atoms with Crippen molar-refractivity contribution >= 4 is 5.97 Å². The van der Waals surface area contributed by atoms with Crippen molar-refractivity contribution in [2.45, 2.75) is 83.7 Å². The Morgan fingerprint density at radius 1 is 1.05 bits per heavy atom. The van der Waals surface area contributed by atoms with Gasteiger partial charge >= 0.3 is 5.97 Å². The summed E-state index contributed by atoms with van der Waals surface area (Å²) in [6.45, 7) is 2.21. The molecule has 0 saturated carbocycles. The number of methoxy groups -OCH3 is 1. The number of ether oxygens (including phenoxy) is 1. The molecule has 0 amide bonds. The van der Waals surface area contributed by atoms with Crippen molar-refractivity contribution in [1.82, 2.24) is 0 Å². The minimum absolute atomic E-state index is 0.122. The van der Waals surface area contributed by atoms with E-state index in [0.29, 0.717) is 6.42 Å². The molecule has 1 N–H and O–H groups in total. The van der Waals surface area contributed by atoms with Gasteiger partial charge in [0.25, 0.3) is 0 Å². The molecule has 0 aromatic carbocycles. The summed E-state index contributed by atoms with van der Waals surface area (Å²) >= 11 is 0. The highest BCUT2D eigenvalue weighted by molar-refractivity contribution is 5.68. The van der Waals surface area contributed by atoms with Crippen molar-refractivity contribution in [1.29, 1.82) is 0 Å². The van der Waals surface area contributed by atoms with Gasteiger partial charge in [0.15, 0.2) is 0 Å². The van der Waals surface area contributed by atoms with E-state index < -0.39 is 0 Å². The molecule has 3 heteroatoms. The third-order valence-electron chi connectivity index (χ3n) is 3.66. The van der Waals surface area contributed by atoms with Gasteiger partial charge in [-0.05, 0) is 25.7 Å². The van der Waals surface area contributed by atoms with E-state index in [0.717, 1.165) is 44.9 Å². The van der Waals surface area contributed by atoms with Gasteiger partial charge in [-0.3, -0.25) is 4.79 Å². The number of unbranched alkanes of at least 4 members (excludes halogenated alkanes) is 7. The van der Waals surface area contributed by atoms with Gasteiger partial charge in [0.05, 0.1) is 13.2 Å². The fraction of sp³-hybridized carbons (Fsp3) is 0.737. The SMILES string of the molecule is CCCCC/C=C\C=C\[C@@H](O)CCCCCCCC(=O)OC. The van der Waals surface area contributed by atoms with Gasteiger partial charge in [0.2, 0.25) is 0 Å². The smallest absolute Gasteiger partial charge is 0.305 e. The lowest BCUT2D eigenvalue weighted by molar-refractivity contribution is -0.140. The Hall–Kier alpha value is -1.09. The molecule has 0 bridgehead atoms. The first-order chi connectivity index (χ1) is 10.7. The molecule has 0 saturated heterocycles. The molecule has 0 radical (unpaired) electrons. The van der Waals surface area contributed by atoms with E-state index in [2.05, 4.69) is 17.7 Å². The number of aliphatic hydroxyl groups is 1. The van der Waals surface area contributed by atoms with Crippen molar-refractivity contribution in [3.05, 3.63) is 24.3 Å². The van der Waals surface area contributed by atoms with E-state index in [1.165, 1.54) is 26.4 Å².